The number of carbonyl (C=O) groups is 2. The van der Waals surface area contributed by atoms with Gasteiger partial charge < -0.3 is 9.84 Å². The molecule has 2 atom stereocenters. The zero-order valence-corrected chi connectivity index (χ0v) is 10.3. The number of aliphatic hydroxyl groups excluding tert-OH is 1. The van der Waals surface area contributed by atoms with Crippen LogP contribution in [0.3, 0.4) is 0 Å². The lowest BCUT2D eigenvalue weighted by Crippen LogP contribution is -2.20. The summed E-state index contributed by atoms with van der Waals surface area (Å²) in [6.45, 7) is 1.31. The summed E-state index contributed by atoms with van der Waals surface area (Å²) in [4.78, 5) is 22.2. The average Bonchev–Trinajstić information content (AvgIpc) is 2.36. The van der Waals surface area contributed by atoms with Gasteiger partial charge in [-0.2, -0.15) is 0 Å². The predicted octanol–water partition coefficient (Wildman–Crippen LogP) is 1.70. The average molecular weight is 257 g/mol. The molecule has 0 aliphatic heterocycles. The summed E-state index contributed by atoms with van der Waals surface area (Å²) in [5.74, 6) is -0.767. The van der Waals surface area contributed by atoms with Gasteiger partial charge in [-0.15, -0.1) is 11.6 Å². The van der Waals surface area contributed by atoms with Crippen LogP contribution in [0.2, 0.25) is 0 Å². The Kier molecular flexibility index (Phi) is 4.66. The third kappa shape index (κ3) is 3.28. The van der Waals surface area contributed by atoms with Crippen LogP contribution in [0.25, 0.3) is 0 Å². The summed E-state index contributed by atoms with van der Waals surface area (Å²) in [7, 11) is 1.29. The van der Waals surface area contributed by atoms with E-state index in [0.717, 1.165) is 0 Å². The normalized spacial score (nSPS) is 13.9. The molecule has 0 saturated carbocycles. The van der Waals surface area contributed by atoms with E-state index in [2.05, 4.69) is 4.74 Å². The van der Waals surface area contributed by atoms with Gasteiger partial charge in [0, 0.05) is 0 Å². The highest BCUT2D eigenvalue weighted by atomic mass is 35.5. The first-order valence-electron chi connectivity index (χ1n) is 4.98. The van der Waals surface area contributed by atoms with Crippen molar-refractivity contribution >= 4 is 23.4 Å². The highest BCUT2D eigenvalue weighted by molar-refractivity contribution is 6.31. The molecule has 0 aliphatic rings. The summed E-state index contributed by atoms with van der Waals surface area (Å²) in [5.41, 5.74) is 0.852. The van der Waals surface area contributed by atoms with Crippen molar-refractivity contribution in [2.45, 2.75) is 18.4 Å². The Balaban J connectivity index is 2.87. The number of Topliss-reactive ketones (excluding diaryl/α,β-unsaturated/α-hetero) is 1. The summed E-state index contributed by atoms with van der Waals surface area (Å²) in [6, 6.07) is 6.09. The van der Waals surface area contributed by atoms with Gasteiger partial charge >= 0.3 is 5.97 Å². The molecule has 5 heteroatoms. The van der Waals surface area contributed by atoms with E-state index in [4.69, 9.17) is 11.6 Å². The van der Waals surface area contributed by atoms with E-state index >= 15 is 0 Å². The largest absolute Gasteiger partial charge is 0.465 e. The van der Waals surface area contributed by atoms with Crippen LogP contribution in [-0.2, 0) is 9.53 Å². The lowest BCUT2D eigenvalue weighted by molar-refractivity contribution is -0.118. The van der Waals surface area contributed by atoms with Crippen molar-refractivity contribution in [1.29, 1.82) is 0 Å². The van der Waals surface area contributed by atoms with Crippen LogP contribution >= 0.6 is 11.6 Å². The Morgan fingerprint density at radius 3 is 2.24 bits per heavy atom. The SMILES string of the molecule is COC(=O)c1ccc([C@H](O)[C@@H](Cl)C(C)=O)cc1. The standard InChI is InChI=1S/C12H13ClO4/c1-7(14)10(13)11(15)8-3-5-9(6-4-8)12(16)17-2/h3-6,10-11,15H,1-2H3/t10-,11-/m0/s1. The van der Waals surface area contributed by atoms with E-state index in [-0.39, 0.29) is 5.78 Å². The van der Waals surface area contributed by atoms with Crippen molar-refractivity contribution in [3.05, 3.63) is 35.4 Å². The maximum Gasteiger partial charge on any atom is 0.337 e. The molecule has 0 saturated heterocycles. The Labute approximate surface area is 104 Å². The van der Waals surface area contributed by atoms with Crippen LogP contribution in [0.15, 0.2) is 24.3 Å². The second-order valence-electron chi connectivity index (χ2n) is 3.57. The van der Waals surface area contributed by atoms with Crippen molar-refractivity contribution in [2.24, 2.45) is 0 Å². The van der Waals surface area contributed by atoms with Crippen LogP contribution in [0.5, 0.6) is 0 Å². The number of esters is 1. The van der Waals surface area contributed by atoms with E-state index < -0.39 is 17.5 Å². The molecule has 1 aromatic rings. The number of hydrogen-bond donors (Lipinski definition) is 1. The van der Waals surface area contributed by atoms with Crippen LogP contribution in [0.1, 0.15) is 28.9 Å². The minimum atomic E-state index is -1.08. The number of halogens is 1. The first-order chi connectivity index (χ1) is 7.97. The molecule has 92 valence electrons. The molecular weight excluding hydrogens is 244 g/mol. The third-order valence-electron chi connectivity index (χ3n) is 2.34. The van der Waals surface area contributed by atoms with E-state index in [0.29, 0.717) is 11.1 Å². The van der Waals surface area contributed by atoms with Gasteiger partial charge in [-0.05, 0) is 24.6 Å². The fraction of sp³-hybridized carbons (Fsp3) is 0.333. The van der Waals surface area contributed by atoms with Gasteiger partial charge in [0.25, 0.3) is 0 Å². The number of ketones is 1. The molecule has 17 heavy (non-hydrogen) atoms. The molecule has 1 N–H and O–H groups in total. The minimum Gasteiger partial charge on any atom is -0.465 e. The number of methoxy groups -OCH3 is 1. The Morgan fingerprint density at radius 2 is 1.82 bits per heavy atom. The predicted molar refractivity (Wildman–Crippen MR) is 63.1 cm³/mol. The lowest BCUT2D eigenvalue weighted by atomic mass is 10.0. The van der Waals surface area contributed by atoms with E-state index in [1.807, 2.05) is 0 Å². The Bertz CT molecular complexity index is 413. The number of ether oxygens (including phenoxy) is 1. The fourth-order valence-corrected chi connectivity index (χ4v) is 1.47. The number of alkyl halides is 1. The Hall–Kier alpha value is -1.39. The van der Waals surface area contributed by atoms with Gasteiger partial charge in [-0.25, -0.2) is 4.79 Å². The molecule has 1 rings (SSSR count). The summed E-state index contributed by atoms with van der Waals surface area (Å²) in [5, 5.41) is 8.79. The van der Waals surface area contributed by atoms with Crippen molar-refractivity contribution in [2.75, 3.05) is 7.11 Å². The van der Waals surface area contributed by atoms with Crippen LogP contribution in [-0.4, -0.2) is 29.3 Å². The van der Waals surface area contributed by atoms with Crippen molar-refractivity contribution < 1.29 is 19.4 Å². The zero-order valence-electron chi connectivity index (χ0n) is 9.51. The second kappa shape index (κ2) is 5.80. The molecule has 0 unspecified atom stereocenters. The zero-order chi connectivity index (χ0) is 13.0. The van der Waals surface area contributed by atoms with E-state index in [9.17, 15) is 14.7 Å². The molecule has 0 heterocycles. The highest BCUT2D eigenvalue weighted by Gasteiger charge is 2.22. The van der Waals surface area contributed by atoms with Gasteiger partial charge in [-0.3, -0.25) is 4.79 Å². The maximum atomic E-state index is 11.2. The first kappa shape index (κ1) is 13.7. The molecule has 0 aromatic heterocycles. The summed E-state index contributed by atoms with van der Waals surface area (Å²) >= 11 is 5.74. The maximum absolute atomic E-state index is 11.2. The highest BCUT2D eigenvalue weighted by Crippen LogP contribution is 2.22. The third-order valence-corrected chi connectivity index (χ3v) is 2.88. The van der Waals surface area contributed by atoms with Crippen LogP contribution in [0.4, 0.5) is 0 Å². The van der Waals surface area contributed by atoms with Gasteiger partial charge in [0.2, 0.25) is 0 Å². The van der Waals surface area contributed by atoms with Crippen molar-refractivity contribution in [3.63, 3.8) is 0 Å². The number of rotatable bonds is 4. The van der Waals surface area contributed by atoms with Gasteiger partial charge in [0.05, 0.1) is 12.7 Å². The van der Waals surface area contributed by atoms with E-state index in [1.165, 1.54) is 38.3 Å². The van der Waals surface area contributed by atoms with Crippen molar-refractivity contribution in [3.8, 4) is 0 Å². The minimum absolute atomic E-state index is 0.309. The molecule has 0 amide bonds. The molecule has 0 fully saturated rings. The summed E-state index contributed by atoms with van der Waals surface area (Å²) in [6.07, 6.45) is -1.08. The molecule has 4 nitrogen and oxygen atoms in total. The van der Waals surface area contributed by atoms with Crippen LogP contribution < -0.4 is 0 Å². The first-order valence-corrected chi connectivity index (χ1v) is 5.42. The molecular formula is C12H13ClO4. The topological polar surface area (TPSA) is 63.6 Å². The summed E-state index contributed by atoms with van der Waals surface area (Å²) < 4.78 is 4.54. The monoisotopic (exact) mass is 256 g/mol. The van der Waals surface area contributed by atoms with Crippen LogP contribution in [0, 0.1) is 0 Å². The van der Waals surface area contributed by atoms with Gasteiger partial charge in [0.1, 0.15) is 11.5 Å². The molecule has 1 aromatic carbocycles. The van der Waals surface area contributed by atoms with Gasteiger partial charge in [-0.1, -0.05) is 12.1 Å². The Morgan fingerprint density at radius 1 is 1.29 bits per heavy atom. The molecule has 0 spiro atoms. The lowest BCUT2D eigenvalue weighted by Gasteiger charge is -2.14. The van der Waals surface area contributed by atoms with Gasteiger partial charge in [0.15, 0.2) is 5.78 Å². The number of carbonyl (C=O) groups excluding carboxylic acids is 2. The number of aliphatic hydroxyl groups is 1. The quantitative estimate of drug-likeness (QED) is 0.658. The molecule has 0 bridgehead atoms. The smallest absolute Gasteiger partial charge is 0.337 e. The fourth-order valence-electron chi connectivity index (χ4n) is 1.33. The van der Waals surface area contributed by atoms with Crippen molar-refractivity contribution in [1.82, 2.24) is 0 Å². The van der Waals surface area contributed by atoms with E-state index in [1.54, 1.807) is 0 Å². The second-order valence-corrected chi connectivity index (χ2v) is 4.04. The number of benzene rings is 1. The molecule has 0 radical (unpaired) electrons. The molecule has 0 aliphatic carbocycles. The number of hydrogen-bond acceptors (Lipinski definition) is 4.